The van der Waals surface area contributed by atoms with Crippen molar-refractivity contribution in [1.29, 1.82) is 0 Å². The highest BCUT2D eigenvalue weighted by Crippen LogP contribution is 2.23. The van der Waals surface area contributed by atoms with Crippen molar-refractivity contribution in [1.82, 2.24) is 10.9 Å². The molecule has 4 rings (SSSR count). The van der Waals surface area contributed by atoms with Crippen LogP contribution in [0.25, 0.3) is 21.9 Å². The minimum atomic E-state index is -0.806. The highest BCUT2D eigenvalue weighted by atomic mass is 16.5. The number of ether oxygens (including phenoxy) is 2. The van der Waals surface area contributed by atoms with Gasteiger partial charge in [-0.15, -0.1) is 0 Å². The van der Waals surface area contributed by atoms with Gasteiger partial charge in [-0.1, -0.05) is 72.8 Å². The Bertz CT molecular complexity index is 1270. The maximum Gasteiger partial charge on any atom is 0.279 e. The second kappa shape index (κ2) is 10.5. The van der Waals surface area contributed by atoms with E-state index in [0.717, 1.165) is 21.9 Å². The molecule has 0 radical (unpaired) electrons. The van der Waals surface area contributed by atoms with Gasteiger partial charge in [-0.2, -0.15) is 0 Å². The smallest absolute Gasteiger partial charge is 0.279 e. The lowest BCUT2D eigenvalue weighted by molar-refractivity contribution is -0.135. The van der Waals surface area contributed by atoms with Gasteiger partial charge in [-0.25, -0.2) is 0 Å². The van der Waals surface area contributed by atoms with Crippen molar-refractivity contribution in [3.8, 4) is 22.6 Å². The summed E-state index contributed by atoms with van der Waals surface area (Å²) in [5.41, 5.74) is 6.94. The SMILES string of the molecule is C[C@@H](Oc1ccc(-c2ccccc2)cc1)C(=O)NNC(=O)[C@@H](C)Oc1ccc2ccccc2c1. The number of hydrogen-bond acceptors (Lipinski definition) is 4. The third-order valence-corrected chi connectivity index (χ3v) is 5.36. The van der Waals surface area contributed by atoms with Crippen molar-refractivity contribution in [2.75, 3.05) is 0 Å². The molecule has 0 aliphatic carbocycles. The van der Waals surface area contributed by atoms with Crippen LogP contribution < -0.4 is 20.3 Å². The van der Waals surface area contributed by atoms with E-state index in [4.69, 9.17) is 9.47 Å². The first-order valence-electron chi connectivity index (χ1n) is 11.1. The van der Waals surface area contributed by atoms with Crippen LogP contribution in [0.4, 0.5) is 0 Å². The van der Waals surface area contributed by atoms with E-state index in [1.807, 2.05) is 97.1 Å². The summed E-state index contributed by atoms with van der Waals surface area (Å²) in [5, 5.41) is 2.10. The first kappa shape index (κ1) is 22.9. The molecule has 34 heavy (non-hydrogen) atoms. The molecule has 4 aromatic rings. The monoisotopic (exact) mass is 454 g/mol. The summed E-state index contributed by atoms with van der Waals surface area (Å²) >= 11 is 0. The third kappa shape index (κ3) is 5.72. The van der Waals surface area contributed by atoms with Gasteiger partial charge in [0.2, 0.25) is 0 Å². The second-order valence-electron chi connectivity index (χ2n) is 7.90. The summed E-state index contributed by atoms with van der Waals surface area (Å²) in [6.45, 7) is 3.23. The Kier molecular flexibility index (Phi) is 7.08. The molecule has 0 aliphatic heterocycles. The van der Waals surface area contributed by atoms with Gasteiger partial charge in [-0.05, 0) is 60.0 Å². The van der Waals surface area contributed by atoms with Crippen LogP contribution in [0.5, 0.6) is 11.5 Å². The average molecular weight is 455 g/mol. The minimum Gasteiger partial charge on any atom is -0.481 e. The van der Waals surface area contributed by atoms with Gasteiger partial charge in [0.25, 0.3) is 11.8 Å². The van der Waals surface area contributed by atoms with E-state index in [-0.39, 0.29) is 0 Å². The van der Waals surface area contributed by atoms with Crippen molar-refractivity contribution < 1.29 is 19.1 Å². The molecule has 2 amide bonds. The van der Waals surface area contributed by atoms with Gasteiger partial charge in [0.1, 0.15) is 11.5 Å². The number of carbonyl (C=O) groups is 2. The predicted molar refractivity (Wildman–Crippen MR) is 132 cm³/mol. The molecule has 4 aromatic carbocycles. The molecule has 0 saturated heterocycles. The van der Waals surface area contributed by atoms with Crippen molar-refractivity contribution >= 4 is 22.6 Å². The van der Waals surface area contributed by atoms with Crippen LogP contribution in [0.3, 0.4) is 0 Å². The zero-order chi connectivity index (χ0) is 23.9. The number of hydrazine groups is 1. The number of benzene rings is 4. The quantitative estimate of drug-likeness (QED) is 0.390. The summed E-state index contributed by atoms with van der Waals surface area (Å²) in [6.07, 6.45) is -1.61. The molecule has 6 heteroatoms. The van der Waals surface area contributed by atoms with E-state index < -0.39 is 24.0 Å². The number of hydrogen-bond donors (Lipinski definition) is 2. The number of carbonyl (C=O) groups excluding carboxylic acids is 2. The van der Waals surface area contributed by atoms with Crippen molar-refractivity contribution in [2.45, 2.75) is 26.1 Å². The Morgan fingerprint density at radius 2 is 1.09 bits per heavy atom. The highest BCUT2D eigenvalue weighted by Gasteiger charge is 2.19. The average Bonchev–Trinajstić information content (AvgIpc) is 2.87. The Morgan fingerprint density at radius 3 is 1.74 bits per heavy atom. The van der Waals surface area contributed by atoms with Crippen LogP contribution in [-0.4, -0.2) is 24.0 Å². The lowest BCUT2D eigenvalue weighted by atomic mass is 10.1. The summed E-state index contributed by atoms with van der Waals surface area (Å²) < 4.78 is 11.4. The Morgan fingerprint density at radius 1 is 0.588 bits per heavy atom. The van der Waals surface area contributed by atoms with E-state index in [9.17, 15) is 9.59 Å². The second-order valence-corrected chi connectivity index (χ2v) is 7.90. The topological polar surface area (TPSA) is 76.7 Å². The molecule has 172 valence electrons. The number of amides is 2. The molecule has 0 heterocycles. The fourth-order valence-corrected chi connectivity index (χ4v) is 3.44. The van der Waals surface area contributed by atoms with Crippen molar-refractivity contribution in [3.05, 3.63) is 97.1 Å². The highest BCUT2D eigenvalue weighted by molar-refractivity contribution is 5.87. The van der Waals surface area contributed by atoms with Crippen LogP contribution in [0.2, 0.25) is 0 Å². The molecule has 6 nitrogen and oxygen atoms in total. The van der Waals surface area contributed by atoms with Gasteiger partial charge in [0.15, 0.2) is 12.2 Å². The first-order valence-corrected chi connectivity index (χ1v) is 11.1. The zero-order valence-corrected chi connectivity index (χ0v) is 19.0. The molecular weight excluding hydrogens is 428 g/mol. The fourth-order valence-electron chi connectivity index (χ4n) is 3.44. The number of rotatable bonds is 7. The van der Waals surface area contributed by atoms with E-state index in [1.54, 1.807) is 13.8 Å². The van der Waals surface area contributed by atoms with Gasteiger partial charge >= 0.3 is 0 Å². The van der Waals surface area contributed by atoms with Gasteiger partial charge in [0, 0.05) is 0 Å². The first-order chi connectivity index (χ1) is 16.5. The van der Waals surface area contributed by atoms with Crippen LogP contribution in [-0.2, 0) is 9.59 Å². The summed E-state index contributed by atoms with van der Waals surface area (Å²) in [7, 11) is 0. The molecule has 0 saturated carbocycles. The molecule has 0 bridgehead atoms. The largest absolute Gasteiger partial charge is 0.481 e. The normalized spacial score (nSPS) is 12.4. The van der Waals surface area contributed by atoms with Crippen molar-refractivity contribution in [3.63, 3.8) is 0 Å². The lowest BCUT2D eigenvalue weighted by Gasteiger charge is -2.18. The summed E-state index contributed by atoms with van der Waals surface area (Å²) in [5.74, 6) is 0.185. The molecule has 2 N–H and O–H groups in total. The predicted octanol–water partition coefficient (Wildman–Crippen LogP) is 4.89. The van der Waals surface area contributed by atoms with E-state index in [1.165, 1.54) is 0 Å². The van der Waals surface area contributed by atoms with Gasteiger partial charge in [-0.3, -0.25) is 20.4 Å². The van der Waals surface area contributed by atoms with Crippen molar-refractivity contribution in [2.24, 2.45) is 0 Å². The molecule has 2 atom stereocenters. The number of fused-ring (bicyclic) bond motifs is 1. The van der Waals surface area contributed by atoms with Crippen LogP contribution in [0, 0.1) is 0 Å². The molecule has 0 aromatic heterocycles. The Hall–Kier alpha value is -4.32. The van der Waals surface area contributed by atoms with E-state index in [2.05, 4.69) is 10.9 Å². The van der Waals surface area contributed by atoms with Gasteiger partial charge in [0.05, 0.1) is 0 Å². The van der Waals surface area contributed by atoms with E-state index in [0.29, 0.717) is 11.5 Å². The van der Waals surface area contributed by atoms with Crippen LogP contribution >= 0.6 is 0 Å². The standard InChI is InChI=1S/C28H26N2O4/c1-19(33-25-15-12-23(13-16-25)21-8-4-3-5-9-21)27(31)29-30-28(32)20(2)34-26-17-14-22-10-6-7-11-24(22)18-26/h3-20H,1-2H3,(H,29,31)(H,30,32)/t19-,20-/m1/s1. The maximum absolute atomic E-state index is 12.4. The lowest BCUT2D eigenvalue weighted by Crippen LogP contribution is -2.50. The summed E-state index contributed by atoms with van der Waals surface area (Å²) in [6, 6.07) is 31.0. The number of nitrogens with one attached hydrogen (secondary N) is 2. The molecule has 0 aliphatic rings. The molecule has 0 unspecified atom stereocenters. The van der Waals surface area contributed by atoms with Crippen LogP contribution in [0.15, 0.2) is 97.1 Å². The van der Waals surface area contributed by atoms with E-state index >= 15 is 0 Å². The zero-order valence-electron chi connectivity index (χ0n) is 19.0. The fraction of sp³-hybridized carbons (Fsp3) is 0.143. The molecule has 0 fully saturated rings. The Labute approximate surface area is 198 Å². The third-order valence-electron chi connectivity index (χ3n) is 5.36. The minimum absolute atomic E-state index is 0.471. The maximum atomic E-state index is 12.4. The molecule has 0 spiro atoms. The summed E-state index contributed by atoms with van der Waals surface area (Å²) in [4.78, 5) is 24.8. The Balaban J connectivity index is 1.26. The molecular formula is C28H26N2O4. The van der Waals surface area contributed by atoms with Gasteiger partial charge < -0.3 is 9.47 Å². The van der Waals surface area contributed by atoms with Crippen LogP contribution in [0.1, 0.15) is 13.8 Å².